The Balaban J connectivity index is 1.46. The number of carbonyl (C=O) groups excluding carboxylic acids is 1. The molecule has 3 aliphatic heterocycles. The first-order chi connectivity index (χ1) is 10.6. The van der Waals surface area contributed by atoms with Crippen LogP contribution in [0.4, 0.5) is 5.69 Å². The largest absolute Gasteiger partial charge is 0.312 e. The summed E-state index contributed by atoms with van der Waals surface area (Å²) in [5, 5.41) is 0. The fourth-order valence-electron chi connectivity index (χ4n) is 4.90. The summed E-state index contributed by atoms with van der Waals surface area (Å²) in [4.78, 5) is 17.4. The maximum absolute atomic E-state index is 12.8. The van der Waals surface area contributed by atoms with Crippen molar-refractivity contribution >= 4 is 11.6 Å². The minimum absolute atomic E-state index is 0.339. The highest BCUT2D eigenvalue weighted by atomic mass is 16.2. The molecule has 118 valence electrons. The standard InChI is InChI=1S/C19H26N2O/c1-13-12-21(18-6-4-3-5-17(13)18)19(22)11-14-9-15-7-8-16(10-14)20(15)2/h3-6,13-16H,7-12H2,1-2H3. The van der Waals surface area contributed by atoms with Crippen molar-refractivity contribution in [3.63, 3.8) is 0 Å². The van der Waals surface area contributed by atoms with Crippen molar-refractivity contribution in [2.45, 2.75) is 57.0 Å². The van der Waals surface area contributed by atoms with Crippen molar-refractivity contribution in [3.8, 4) is 0 Å². The predicted molar refractivity (Wildman–Crippen MR) is 89.1 cm³/mol. The van der Waals surface area contributed by atoms with Crippen LogP contribution in [-0.4, -0.2) is 36.5 Å². The monoisotopic (exact) mass is 298 g/mol. The lowest BCUT2D eigenvalue weighted by molar-refractivity contribution is -0.120. The van der Waals surface area contributed by atoms with Gasteiger partial charge in [-0.3, -0.25) is 4.79 Å². The van der Waals surface area contributed by atoms with Gasteiger partial charge in [0, 0.05) is 36.7 Å². The van der Waals surface area contributed by atoms with Crippen LogP contribution < -0.4 is 4.90 Å². The molecule has 1 amide bonds. The van der Waals surface area contributed by atoms with Crippen LogP contribution in [0.5, 0.6) is 0 Å². The summed E-state index contributed by atoms with van der Waals surface area (Å²) in [5.74, 6) is 1.39. The maximum Gasteiger partial charge on any atom is 0.227 e. The minimum Gasteiger partial charge on any atom is -0.312 e. The molecule has 2 bridgehead atoms. The van der Waals surface area contributed by atoms with Crippen molar-refractivity contribution in [1.82, 2.24) is 4.90 Å². The van der Waals surface area contributed by atoms with Gasteiger partial charge in [-0.15, -0.1) is 0 Å². The normalized spacial score (nSPS) is 34.0. The van der Waals surface area contributed by atoms with Gasteiger partial charge in [-0.1, -0.05) is 25.1 Å². The predicted octanol–water partition coefficient (Wildman–Crippen LogP) is 3.40. The van der Waals surface area contributed by atoms with Crippen LogP contribution >= 0.6 is 0 Å². The molecule has 0 aliphatic carbocycles. The molecular weight excluding hydrogens is 272 g/mol. The molecule has 3 heteroatoms. The number of para-hydroxylation sites is 1. The minimum atomic E-state index is 0.339. The number of nitrogens with zero attached hydrogens (tertiary/aromatic N) is 2. The number of rotatable bonds is 2. The molecule has 1 aromatic rings. The number of anilines is 1. The molecule has 3 nitrogen and oxygen atoms in total. The second-order valence-corrected chi connectivity index (χ2v) is 7.56. The van der Waals surface area contributed by atoms with Gasteiger partial charge < -0.3 is 9.80 Å². The number of carbonyl (C=O) groups is 1. The van der Waals surface area contributed by atoms with Crippen LogP contribution in [0.2, 0.25) is 0 Å². The molecule has 0 aromatic heterocycles. The van der Waals surface area contributed by atoms with E-state index in [4.69, 9.17) is 0 Å². The van der Waals surface area contributed by atoms with Crippen LogP contribution in [-0.2, 0) is 4.79 Å². The van der Waals surface area contributed by atoms with Crippen LogP contribution in [0.1, 0.15) is 50.5 Å². The highest BCUT2D eigenvalue weighted by Gasteiger charge is 2.40. The van der Waals surface area contributed by atoms with Crippen LogP contribution in [0.3, 0.4) is 0 Å². The molecule has 3 heterocycles. The smallest absolute Gasteiger partial charge is 0.227 e. The van der Waals surface area contributed by atoms with Crippen LogP contribution in [0.25, 0.3) is 0 Å². The first kappa shape index (κ1) is 14.3. The Morgan fingerprint density at radius 1 is 1.18 bits per heavy atom. The average molecular weight is 298 g/mol. The Morgan fingerprint density at radius 2 is 1.86 bits per heavy atom. The molecule has 3 aliphatic rings. The second-order valence-electron chi connectivity index (χ2n) is 7.56. The van der Waals surface area contributed by atoms with Crippen LogP contribution in [0, 0.1) is 5.92 Å². The first-order valence-corrected chi connectivity index (χ1v) is 8.74. The third-order valence-electron chi connectivity index (χ3n) is 6.18. The summed E-state index contributed by atoms with van der Waals surface area (Å²) < 4.78 is 0. The van der Waals surface area contributed by atoms with Crippen LogP contribution in [0.15, 0.2) is 24.3 Å². The molecule has 0 saturated carbocycles. The van der Waals surface area contributed by atoms with Gasteiger partial charge in [0.25, 0.3) is 0 Å². The Hall–Kier alpha value is -1.35. The lowest BCUT2D eigenvalue weighted by Crippen LogP contribution is -2.41. The van der Waals surface area contributed by atoms with E-state index in [2.05, 4.69) is 37.1 Å². The average Bonchev–Trinajstić information content (AvgIpc) is 2.93. The second kappa shape index (κ2) is 5.38. The zero-order valence-electron chi connectivity index (χ0n) is 13.7. The van der Waals surface area contributed by atoms with Crippen molar-refractivity contribution in [3.05, 3.63) is 29.8 Å². The zero-order valence-corrected chi connectivity index (χ0v) is 13.7. The molecule has 0 spiro atoms. The number of fused-ring (bicyclic) bond motifs is 3. The number of hydrogen-bond donors (Lipinski definition) is 0. The van der Waals surface area contributed by atoms with E-state index in [-0.39, 0.29) is 0 Å². The Labute approximate surface area is 133 Å². The fourth-order valence-corrected chi connectivity index (χ4v) is 4.90. The molecule has 4 rings (SSSR count). The number of piperidine rings is 1. The van der Waals surface area contributed by atoms with Gasteiger partial charge in [0.05, 0.1) is 0 Å². The molecule has 3 atom stereocenters. The molecular formula is C19H26N2O. The van der Waals surface area contributed by atoms with Gasteiger partial charge >= 0.3 is 0 Å². The van der Waals surface area contributed by atoms with E-state index in [1.54, 1.807) is 0 Å². The molecule has 1 aromatic carbocycles. The number of benzene rings is 1. The topological polar surface area (TPSA) is 23.6 Å². The Morgan fingerprint density at radius 3 is 2.59 bits per heavy atom. The van der Waals surface area contributed by atoms with E-state index < -0.39 is 0 Å². The van der Waals surface area contributed by atoms with E-state index in [1.807, 2.05) is 11.0 Å². The molecule has 22 heavy (non-hydrogen) atoms. The van der Waals surface area contributed by atoms with E-state index in [0.29, 0.717) is 17.7 Å². The lowest BCUT2D eigenvalue weighted by Gasteiger charge is -2.36. The Bertz CT molecular complexity index is 571. The van der Waals surface area contributed by atoms with Gasteiger partial charge in [-0.25, -0.2) is 0 Å². The van der Waals surface area contributed by atoms with Gasteiger partial charge in [0.15, 0.2) is 0 Å². The van der Waals surface area contributed by atoms with E-state index in [9.17, 15) is 4.79 Å². The summed E-state index contributed by atoms with van der Waals surface area (Å²) in [6.45, 7) is 3.08. The Kier molecular flexibility index (Phi) is 3.48. The van der Waals surface area contributed by atoms with Gasteiger partial charge in [-0.2, -0.15) is 0 Å². The molecule has 0 N–H and O–H groups in total. The summed E-state index contributed by atoms with van der Waals surface area (Å²) in [5.41, 5.74) is 2.48. The van der Waals surface area contributed by atoms with E-state index in [0.717, 1.165) is 30.7 Å². The van der Waals surface area contributed by atoms with Crippen molar-refractivity contribution in [2.75, 3.05) is 18.5 Å². The summed E-state index contributed by atoms with van der Waals surface area (Å²) >= 11 is 0. The lowest BCUT2D eigenvalue weighted by atomic mass is 9.88. The molecule has 2 fully saturated rings. The summed E-state index contributed by atoms with van der Waals surface area (Å²) in [6, 6.07) is 9.85. The molecule has 2 saturated heterocycles. The summed E-state index contributed by atoms with van der Waals surface area (Å²) in [6.07, 6.45) is 5.82. The van der Waals surface area contributed by atoms with Gasteiger partial charge in [-0.05, 0) is 50.3 Å². The van der Waals surface area contributed by atoms with E-state index >= 15 is 0 Å². The van der Waals surface area contributed by atoms with Crippen molar-refractivity contribution in [1.29, 1.82) is 0 Å². The number of amides is 1. The fraction of sp³-hybridized carbons (Fsp3) is 0.632. The molecule has 0 radical (unpaired) electrons. The molecule has 3 unspecified atom stereocenters. The highest BCUT2D eigenvalue weighted by Crippen LogP contribution is 2.40. The van der Waals surface area contributed by atoms with Crippen molar-refractivity contribution < 1.29 is 4.79 Å². The SMILES string of the molecule is CC1CN(C(=O)CC2CC3CCC(C2)N3C)c2ccccc21. The highest BCUT2D eigenvalue weighted by molar-refractivity contribution is 5.96. The van der Waals surface area contributed by atoms with Crippen molar-refractivity contribution in [2.24, 2.45) is 5.92 Å². The first-order valence-electron chi connectivity index (χ1n) is 8.74. The van der Waals surface area contributed by atoms with Gasteiger partial charge in [0.2, 0.25) is 5.91 Å². The van der Waals surface area contributed by atoms with Gasteiger partial charge in [0.1, 0.15) is 0 Å². The third kappa shape index (κ3) is 2.26. The zero-order chi connectivity index (χ0) is 15.3. The third-order valence-corrected chi connectivity index (χ3v) is 6.18. The number of hydrogen-bond acceptors (Lipinski definition) is 2. The van der Waals surface area contributed by atoms with E-state index in [1.165, 1.54) is 31.2 Å². The maximum atomic E-state index is 12.8. The summed E-state index contributed by atoms with van der Waals surface area (Å²) in [7, 11) is 2.26. The quantitative estimate of drug-likeness (QED) is 0.835.